The predicted molar refractivity (Wildman–Crippen MR) is 224 cm³/mol. The van der Waals surface area contributed by atoms with Gasteiger partial charge in [0, 0.05) is 0 Å². The van der Waals surface area contributed by atoms with Gasteiger partial charge in [-0.25, -0.2) is 0 Å². The van der Waals surface area contributed by atoms with Crippen molar-refractivity contribution in [2.24, 2.45) is 5.73 Å². The average molecular weight is 679 g/mol. The Morgan fingerprint density at radius 2 is 0.354 bits per heavy atom. The molecule has 0 spiro atoms. The highest BCUT2D eigenvalue weighted by molar-refractivity contribution is 4.56. The summed E-state index contributed by atoms with van der Waals surface area (Å²) in [6, 6.07) is 0. The van der Waals surface area contributed by atoms with Crippen molar-refractivity contribution < 1.29 is 0 Å². The molecular formula is C46H98N2. The van der Waals surface area contributed by atoms with Gasteiger partial charge in [0.25, 0.3) is 0 Å². The second-order valence-corrected chi connectivity index (χ2v) is 15.7. The van der Waals surface area contributed by atoms with Gasteiger partial charge in [0.15, 0.2) is 0 Å². The summed E-state index contributed by atoms with van der Waals surface area (Å²) in [5.41, 5.74) is 4.50. The van der Waals surface area contributed by atoms with Crippen LogP contribution in [0.3, 0.4) is 0 Å². The van der Waals surface area contributed by atoms with Crippen LogP contribution in [0, 0.1) is 0 Å². The van der Waals surface area contributed by atoms with Crippen molar-refractivity contribution in [3.8, 4) is 0 Å². The minimum atomic E-state index is 1.32. The first-order valence-electron chi connectivity index (χ1n) is 23.1. The van der Waals surface area contributed by atoms with Gasteiger partial charge in [-0.15, -0.1) is 0 Å². The number of unbranched alkanes of at least 4 members (excludes halogenated alkanes) is 38. The lowest BCUT2D eigenvalue weighted by Crippen LogP contribution is -2.20. The van der Waals surface area contributed by atoms with E-state index < -0.39 is 0 Å². The molecule has 0 unspecified atom stereocenters. The van der Waals surface area contributed by atoms with Gasteiger partial charge in [0.1, 0.15) is 0 Å². The van der Waals surface area contributed by atoms with E-state index in [4.69, 9.17) is 0 Å². The summed E-state index contributed by atoms with van der Waals surface area (Å²) >= 11 is 0. The van der Waals surface area contributed by atoms with E-state index in [9.17, 15) is 0 Å². The fourth-order valence-electron chi connectivity index (χ4n) is 7.39. The molecule has 0 aromatic rings. The van der Waals surface area contributed by atoms with Crippen molar-refractivity contribution in [2.45, 2.75) is 271 Å². The summed E-state index contributed by atoms with van der Waals surface area (Å²) in [5.74, 6) is 0. The summed E-state index contributed by atoms with van der Waals surface area (Å²) in [5, 5.41) is 0. The summed E-state index contributed by atoms with van der Waals surface area (Å²) in [7, 11) is 3.85. The molecule has 0 radical (unpaired) electrons. The quantitative estimate of drug-likeness (QED) is 0.0651. The van der Waals surface area contributed by atoms with Crippen LogP contribution in [-0.4, -0.2) is 32.1 Å². The molecule has 0 aliphatic carbocycles. The van der Waals surface area contributed by atoms with E-state index in [1.165, 1.54) is 277 Å². The van der Waals surface area contributed by atoms with Crippen molar-refractivity contribution in [1.82, 2.24) is 4.90 Å². The minimum absolute atomic E-state index is 1.32. The highest BCUT2D eigenvalue weighted by atomic mass is 15.1. The lowest BCUT2D eigenvalue weighted by molar-refractivity contribution is 0.314. The first-order valence-corrected chi connectivity index (χ1v) is 23.1. The molecule has 0 aromatic carbocycles. The van der Waals surface area contributed by atoms with Gasteiger partial charge in [-0.2, -0.15) is 0 Å². The number of hydrogen-bond donors (Lipinski definition) is 1. The van der Waals surface area contributed by atoms with E-state index in [0.29, 0.717) is 0 Å². The third-order valence-corrected chi connectivity index (χ3v) is 10.8. The van der Waals surface area contributed by atoms with Gasteiger partial charge >= 0.3 is 0 Å². The molecule has 0 aliphatic rings. The normalized spacial score (nSPS) is 11.4. The number of rotatable bonds is 42. The number of nitrogens with zero attached hydrogens (tertiary/aromatic N) is 1. The van der Waals surface area contributed by atoms with Gasteiger partial charge in [0.2, 0.25) is 0 Å². The smallest absolute Gasteiger partial charge is 0.00218 e. The molecule has 0 atom stereocenters. The van der Waals surface area contributed by atoms with Crippen molar-refractivity contribution in [2.75, 3.05) is 27.2 Å². The molecule has 48 heavy (non-hydrogen) atoms. The van der Waals surface area contributed by atoms with E-state index in [0.717, 1.165) is 0 Å². The van der Waals surface area contributed by atoms with E-state index in [1.54, 1.807) is 0 Å². The van der Waals surface area contributed by atoms with Crippen LogP contribution in [0.2, 0.25) is 0 Å². The SMILES string of the molecule is CCCCCCCCCCCCCCCCCCCCCCN(C)CCCCCCCCCCCCCCCCCCCCCC.CN. The van der Waals surface area contributed by atoms with Crippen molar-refractivity contribution in [1.29, 1.82) is 0 Å². The minimum Gasteiger partial charge on any atom is -0.333 e. The maximum absolute atomic E-state index is 4.50. The molecular weight excluding hydrogens is 581 g/mol. The molecule has 292 valence electrons. The third kappa shape index (κ3) is 48.0. The van der Waals surface area contributed by atoms with Crippen molar-refractivity contribution in [3.05, 3.63) is 0 Å². The van der Waals surface area contributed by atoms with E-state index in [2.05, 4.69) is 31.5 Å². The molecule has 2 nitrogen and oxygen atoms in total. The van der Waals surface area contributed by atoms with Gasteiger partial charge in [-0.05, 0) is 40.0 Å². The molecule has 0 saturated heterocycles. The largest absolute Gasteiger partial charge is 0.333 e. The highest BCUT2D eigenvalue weighted by Crippen LogP contribution is 2.17. The average Bonchev–Trinajstić information content (AvgIpc) is 3.10. The van der Waals surface area contributed by atoms with Crippen LogP contribution < -0.4 is 5.73 Å². The standard InChI is InChI=1S/C45H93N.CH5N/c1-4-6-8-10-12-14-16-18-20-22-24-26-28-30-32-34-36-38-40-42-44-46(3)45-43-41-39-37-35-33-31-29-27-25-23-21-19-17-15-13-11-9-7-5-2;1-2/h4-45H2,1-3H3;2H2,1H3. The van der Waals surface area contributed by atoms with Gasteiger partial charge in [-0.3, -0.25) is 0 Å². The lowest BCUT2D eigenvalue weighted by Gasteiger charge is -2.16. The van der Waals surface area contributed by atoms with Crippen LogP contribution >= 0.6 is 0 Å². The molecule has 0 aromatic heterocycles. The summed E-state index contributed by atoms with van der Waals surface area (Å²) < 4.78 is 0. The van der Waals surface area contributed by atoms with E-state index in [1.807, 2.05) is 0 Å². The lowest BCUT2D eigenvalue weighted by atomic mass is 10.0. The molecule has 0 bridgehead atoms. The molecule has 0 aliphatic heterocycles. The van der Waals surface area contributed by atoms with Crippen LogP contribution in [-0.2, 0) is 0 Å². The zero-order valence-electron chi connectivity index (χ0n) is 34.7. The maximum Gasteiger partial charge on any atom is -0.00218 e. The highest BCUT2D eigenvalue weighted by Gasteiger charge is 2.00. The second kappa shape index (κ2) is 49.0. The topological polar surface area (TPSA) is 29.3 Å². The summed E-state index contributed by atoms with van der Waals surface area (Å²) in [4.78, 5) is 2.60. The Kier molecular flexibility index (Phi) is 51.1. The van der Waals surface area contributed by atoms with Gasteiger partial charge < -0.3 is 10.6 Å². The first kappa shape index (κ1) is 50.0. The predicted octanol–water partition coefficient (Wildman–Crippen LogP) is 16.1. The van der Waals surface area contributed by atoms with Crippen LogP contribution in [0.25, 0.3) is 0 Å². The molecule has 2 N–H and O–H groups in total. The monoisotopic (exact) mass is 679 g/mol. The van der Waals surface area contributed by atoms with E-state index >= 15 is 0 Å². The number of nitrogens with two attached hydrogens (primary N) is 1. The van der Waals surface area contributed by atoms with Crippen LogP contribution in [0.1, 0.15) is 271 Å². The molecule has 2 heteroatoms. The van der Waals surface area contributed by atoms with Crippen LogP contribution in [0.5, 0.6) is 0 Å². The van der Waals surface area contributed by atoms with Crippen molar-refractivity contribution >= 4 is 0 Å². The zero-order valence-corrected chi connectivity index (χ0v) is 34.7. The summed E-state index contributed by atoms with van der Waals surface area (Å²) in [6.45, 7) is 7.26. The Labute approximate surface area is 307 Å². The molecule has 0 saturated carbocycles. The van der Waals surface area contributed by atoms with Crippen molar-refractivity contribution in [3.63, 3.8) is 0 Å². The summed E-state index contributed by atoms with van der Waals surface area (Å²) in [6.07, 6.45) is 58.8. The molecule has 0 amide bonds. The Morgan fingerprint density at radius 3 is 0.500 bits per heavy atom. The second-order valence-electron chi connectivity index (χ2n) is 15.7. The fraction of sp³-hybridized carbons (Fsp3) is 1.00. The van der Waals surface area contributed by atoms with Gasteiger partial charge in [-0.1, -0.05) is 258 Å². The zero-order chi connectivity index (χ0) is 35.3. The van der Waals surface area contributed by atoms with E-state index in [-0.39, 0.29) is 0 Å². The third-order valence-electron chi connectivity index (χ3n) is 10.8. The number of hydrogen-bond acceptors (Lipinski definition) is 2. The Balaban J connectivity index is 0. The molecule has 0 heterocycles. The molecule has 0 fully saturated rings. The van der Waals surface area contributed by atoms with Gasteiger partial charge in [0.05, 0.1) is 0 Å². The Morgan fingerprint density at radius 1 is 0.229 bits per heavy atom. The van der Waals surface area contributed by atoms with Crippen LogP contribution in [0.15, 0.2) is 0 Å². The fourth-order valence-corrected chi connectivity index (χ4v) is 7.39. The Hall–Kier alpha value is -0.0800. The Bertz CT molecular complexity index is 462. The first-order chi connectivity index (χ1) is 23.8. The molecule has 0 rings (SSSR count). The maximum atomic E-state index is 4.50. The van der Waals surface area contributed by atoms with Crippen LogP contribution in [0.4, 0.5) is 0 Å².